The van der Waals surface area contributed by atoms with E-state index < -0.39 is 0 Å². The Balaban J connectivity index is 1.55. The lowest BCUT2D eigenvalue weighted by Crippen LogP contribution is -2.19. The van der Waals surface area contributed by atoms with E-state index >= 15 is 0 Å². The molecule has 0 aliphatic heterocycles. The van der Waals surface area contributed by atoms with Crippen molar-refractivity contribution in [1.82, 2.24) is 10.9 Å². The van der Waals surface area contributed by atoms with E-state index in [2.05, 4.69) is 21.1 Å². The first-order valence-corrected chi connectivity index (χ1v) is 10.5. The quantitative estimate of drug-likeness (QED) is 0.338. The molecule has 0 heterocycles. The lowest BCUT2D eigenvalue weighted by atomic mass is 10.2. The van der Waals surface area contributed by atoms with E-state index in [1.54, 1.807) is 48.5 Å². The average molecular weight is 433 g/mol. The van der Waals surface area contributed by atoms with E-state index in [1.807, 2.05) is 12.1 Å². The highest BCUT2D eigenvalue weighted by atomic mass is 32.2. The number of carbonyl (C=O) groups excluding carboxylic acids is 2. The third-order valence-electron chi connectivity index (χ3n) is 3.83. The number of nitriles is 2. The van der Waals surface area contributed by atoms with Crippen molar-refractivity contribution in [2.75, 3.05) is 11.5 Å². The van der Waals surface area contributed by atoms with Gasteiger partial charge < -0.3 is 0 Å². The van der Waals surface area contributed by atoms with Crippen LogP contribution in [0.1, 0.15) is 35.1 Å². The Morgan fingerprint density at radius 3 is 1.52 bits per heavy atom. The maximum Gasteiger partial charge on any atom is 0.240 e. The zero-order chi connectivity index (χ0) is 22.3. The predicted molar refractivity (Wildman–Crippen MR) is 120 cm³/mol. The number of hydrogen-bond donors (Lipinski definition) is 2. The minimum atomic E-state index is -0.214. The Bertz CT molecular complexity index is 934. The van der Waals surface area contributed by atoms with Crippen molar-refractivity contribution in [2.45, 2.75) is 12.8 Å². The zero-order valence-corrected chi connectivity index (χ0v) is 17.4. The van der Waals surface area contributed by atoms with Crippen LogP contribution in [0.5, 0.6) is 0 Å². The first kappa shape index (κ1) is 23.3. The molecule has 0 spiro atoms. The standard InChI is InChI=1S/C22H20N6O2S/c23-13-17-1-5-19(6-2-17)15-25-27-21(29)9-11-31-12-10-22(30)28-26-16-20-7-3-18(14-24)4-8-20/h1-8,15-16H,9-12H2,(H,27,29)(H,28,30)/b25-15-,26-16+. The van der Waals surface area contributed by atoms with Crippen molar-refractivity contribution < 1.29 is 9.59 Å². The molecule has 0 atom stereocenters. The van der Waals surface area contributed by atoms with Crippen LogP contribution in [-0.4, -0.2) is 35.7 Å². The van der Waals surface area contributed by atoms with Crippen molar-refractivity contribution in [3.05, 3.63) is 70.8 Å². The highest BCUT2D eigenvalue weighted by Gasteiger charge is 2.02. The van der Waals surface area contributed by atoms with Gasteiger partial charge in [0.25, 0.3) is 0 Å². The number of rotatable bonds is 10. The van der Waals surface area contributed by atoms with Crippen molar-refractivity contribution in [2.24, 2.45) is 10.2 Å². The summed E-state index contributed by atoms with van der Waals surface area (Å²) in [5, 5.41) is 25.3. The first-order chi connectivity index (χ1) is 15.1. The van der Waals surface area contributed by atoms with E-state index in [9.17, 15) is 9.59 Å². The third-order valence-corrected chi connectivity index (χ3v) is 4.82. The number of carbonyl (C=O) groups is 2. The Labute approximate surface area is 184 Å². The van der Waals surface area contributed by atoms with Crippen LogP contribution in [0.3, 0.4) is 0 Å². The summed E-state index contributed by atoms with van der Waals surface area (Å²) in [6.45, 7) is 0. The number of amides is 2. The molecule has 2 aromatic rings. The van der Waals surface area contributed by atoms with Gasteiger partial charge in [0.1, 0.15) is 0 Å². The summed E-state index contributed by atoms with van der Waals surface area (Å²) < 4.78 is 0. The van der Waals surface area contributed by atoms with Crippen LogP contribution < -0.4 is 10.9 Å². The topological polar surface area (TPSA) is 130 Å². The van der Waals surface area contributed by atoms with Crippen molar-refractivity contribution in [1.29, 1.82) is 10.5 Å². The number of nitrogens with one attached hydrogen (secondary N) is 2. The zero-order valence-electron chi connectivity index (χ0n) is 16.6. The molecule has 9 heteroatoms. The Morgan fingerprint density at radius 2 is 1.16 bits per heavy atom. The molecular weight excluding hydrogens is 412 g/mol. The van der Waals surface area contributed by atoms with E-state index in [-0.39, 0.29) is 24.7 Å². The van der Waals surface area contributed by atoms with Gasteiger partial charge in [-0.05, 0) is 35.4 Å². The molecule has 2 aromatic carbocycles. The molecule has 0 unspecified atom stereocenters. The average Bonchev–Trinajstić information content (AvgIpc) is 2.80. The molecule has 0 saturated heterocycles. The molecule has 0 aliphatic rings. The fourth-order valence-corrected chi connectivity index (χ4v) is 3.05. The molecule has 0 bridgehead atoms. The minimum Gasteiger partial charge on any atom is -0.273 e. The van der Waals surface area contributed by atoms with E-state index in [1.165, 1.54) is 24.2 Å². The number of thioether (sulfide) groups is 1. The van der Waals surface area contributed by atoms with Crippen LogP contribution in [0.4, 0.5) is 0 Å². The normalized spacial score (nSPS) is 10.5. The molecule has 2 rings (SSSR count). The number of hydrazone groups is 2. The highest BCUT2D eigenvalue weighted by molar-refractivity contribution is 7.99. The Kier molecular flexibility index (Phi) is 10.0. The summed E-state index contributed by atoms with van der Waals surface area (Å²) in [5.41, 5.74) is 7.57. The van der Waals surface area contributed by atoms with Gasteiger partial charge in [-0.3, -0.25) is 9.59 Å². The second-order valence-electron chi connectivity index (χ2n) is 6.17. The van der Waals surface area contributed by atoms with E-state index in [0.29, 0.717) is 22.6 Å². The number of nitrogens with zero attached hydrogens (tertiary/aromatic N) is 4. The van der Waals surface area contributed by atoms with Gasteiger partial charge in [-0.2, -0.15) is 32.5 Å². The molecule has 0 fully saturated rings. The van der Waals surface area contributed by atoms with Gasteiger partial charge >= 0.3 is 0 Å². The molecule has 0 aromatic heterocycles. The molecule has 0 radical (unpaired) electrons. The molecule has 2 N–H and O–H groups in total. The fraction of sp³-hybridized carbons (Fsp3) is 0.182. The summed E-state index contributed by atoms with van der Waals surface area (Å²) in [6, 6.07) is 17.7. The van der Waals surface area contributed by atoms with E-state index in [4.69, 9.17) is 10.5 Å². The highest BCUT2D eigenvalue weighted by Crippen LogP contribution is 2.05. The summed E-state index contributed by atoms with van der Waals surface area (Å²) in [5.74, 6) is 0.711. The van der Waals surface area contributed by atoms with Crippen LogP contribution in [0, 0.1) is 22.7 Å². The summed E-state index contributed by atoms with van der Waals surface area (Å²) in [6.07, 6.45) is 3.59. The third kappa shape index (κ3) is 9.39. The van der Waals surface area contributed by atoms with Gasteiger partial charge in [0, 0.05) is 24.3 Å². The number of hydrogen-bond acceptors (Lipinski definition) is 7. The molecule has 0 saturated carbocycles. The maximum atomic E-state index is 11.7. The predicted octanol–water partition coefficient (Wildman–Crippen LogP) is 2.54. The summed E-state index contributed by atoms with van der Waals surface area (Å²) in [4.78, 5) is 23.5. The van der Waals surface area contributed by atoms with Gasteiger partial charge in [0.15, 0.2) is 0 Å². The monoisotopic (exact) mass is 432 g/mol. The van der Waals surface area contributed by atoms with Gasteiger partial charge in [-0.15, -0.1) is 0 Å². The van der Waals surface area contributed by atoms with Crippen molar-refractivity contribution in [3.63, 3.8) is 0 Å². The maximum absolute atomic E-state index is 11.7. The van der Waals surface area contributed by atoms with Crippen molar-refractivity contribution in [3.8, 4) is 12.1 Å². The molecule has 2 amide bonds. The minimum absolute atomic E-state index is 0.214. The number of benzene rings is 2. The molecular formula is C22H20N6O2S. The van der Waals surface area contributed by atoms with Crippen LogP contribution in [0.15, 0.2) is 58.7 Å². The van der Waals surface area contributed by atoms with Crippen LogP contribution in [0.2, 0.25) is 0 Å². The fourth-order valence-electron chi connectivity index (χ4n) is 2.19. The molecule has 31 heavy (non-hydrogen) atoms. The summed E-state index contributed by atoms with van der Waals surface area (Å²) in [7, 11) is 0. The first-order valence-electron chi connectivity index (χ1n) is 9.32. The lowest BCUT2D eigenvalue weighted by Gasteiger charge is -2.01. The van der Waals surface area contributed by atoms with E-state index in [0.717, 1.165) is 11.1 Å². The Morgan fingerprint density at radius 1 is 0.774 bits per heavy atom. The van der Waals surface area contributed by atoms with Crippen molar-refractivity contribution >= 4 is 36.0 Å². The molecule has 156 valence electrons. The smallest absolute Gasteiger partial charge is 0.240 e. The SMILES string of the molecule is N#Cc1ccc(/C=N\NC(=O)CCSCCC(=O)N/N=C/c2ccc(C#N)cc2)cc1. The van der Waals surface area contributed by atoms with Gasteiger partial charge in [-0.25, -0.2) is 10.9 Å². The van der Waals surface area contributed by atoms with Crippen LogP contribution >= 0.6 is 11.8 Å². The van der Waals surface area contributed by atoms with Crippen LogP contribution in [-0.2, 0) is 9.59 Å². The van der Waals surface area contributed by atoms with Gasteiger partial charge in [0.2, 0.25) is 11.8 Å². The molecule has 0 aliphatic carbocycles. The Hall–Kier alpha value is -3.95. The summed E-state index contributed by atoms with van der Waals surface area (Å²) >= 11 is 1.49. The van der Waals surface area contributed by atoms with Crippen LogP contribution in [0.25, 0.3) is 0 Å². The van der Waals surface area contributed by atoms with Gasteiger partial charge in [0.05, 0.1) is 35.7 Å². The molecule has 8 nitrogen and oxygen atoms in total. The second-order valence-corrected chi connectivity index (χ2v) is 7.39. The second kappa shape index (κ2) is 13.3. The largest absolute Gasteiger partial charge is 0.273 e. The van der Waals surface area contributed by atoms with Gasteiger partial charge in [-0.1, -0.05) is 24.3 Å². The lowest BCUT2D eigenvalue weighted by molar-refractivity contribution is -0.121.